The predicted molar refractivity (Wildman–Crippen MR) is 110 cm³/mol. The van der Waals surface area contributed by atoms with Crippen molar-refractivity contribution in [3.63, 3.8) is 0 Å². The van der Waals surface area contributed by atoms with Crippen LogP contribution in [0.2, 0.25) is 0 Å². The van der Waals surface area contributed by atoms with E-state index in [1.807, 2.05) is 49.4 Å². The first-order valence-corrected chi connectivity index (χ1v) is 9.08. The Bertz CT molecular complexity index is 1040. The van der Waals surface area contributed by atoms with Crippen LogP contribution in [0.25, 0.3) is 22.2 Å². The highest BCUT2D eigenvalue weighted by molar-refractivity contribution is 5.99. The third-order valence-electron chi connectivity index (χ3n) is 4.18. The van der Waals surface area contributed by atoms with Gasteiger partial charge in [0.1, 0.15) is 5.69 Å². The summed E-state index contributed by atoms with van der Waals surface area (Å²) in [7, 11) is 0. The summed E-state index contributed by atoms with van der Waals surface area (Å²) >= 11 is 0. The number of aromatic amines is 1. The molecule has 3 aromatic rings. The number of rotatable bonds is 7. The molecule has 2 amide bonds. The summed E-state index contributed by atoms with van der Waals surface area (Å²) in [4.78, 5) is 40.1. The fourth-order valence-electron chi connectivity index (χ4n) is 2.91. The molecule has 1 aromatic heterocycles. The first-order chi connectivity index (χ1) is 13.6. The molecule has 144 valence electrons. The maximum Gasteiger partial charge on any atom is 0.238 e. The van der Waals surface area contributed by atoms with E-state index in [0.717, 1.165) is 5.56 Å². The normalized spacial score (nSPS) is 10.6. The van der Waals surface area contributed by atoms with Crippen LogP contribution in [0.1, 0.15) is 6.92 Å². The number of H-pyrrole nitrogens is 1. The summed E-state index contributed by atoms with van der Waals surface area (Å²) in [5.74, 6) is -0.592. The molecule has 0 fully saturated rings. The van der Waals surface area contributed by atoms with Gasteiger partial charge < -0.3 is 15.6 Å². The number of benzene rings is 2. The van der Waals surface area contributed by atoms with Crippen molar-refractivity contribution >= 4 is 28.4 Å². The van der Waals surface area contributed by atoms with Gasteiger partial charge in [0.05, 0.1) is 18.8 Å². The smallest absolute Gasteiger partial charge is 0.238 e. The van der Waals surface area contributed by atoms with Gasteiger partial charge in [-0.3, -0.25) is 19.7 Å². The molecule has 4 N–H and O–H groups in total. The average Bonchev–Trinajstić information content (AvgIpc) is 2.71. The Morgan fingerprint density at radius 2 is 1.61 bits per heavy atom. The van der Waals surface area contributed by atoms with Crippen LogP contribution in [0.3, 0.4) is 0 Å². The van der Waals surface area contributed by atoms with Crippen LogP contribution in [0.4, 0.5) is 5.69 Å². The Morgan fingerprint density at radius 1 is 0.929 bits per heavy atom. The zero-order valence-electron chi connectivity index (χ0n) is 15.5. The van der Waals surface area contributed by atoms with E-state index < -0.39 is 5.91 Å². The summed E-state index contributed by atoms with van der Waals surface area (Å²) in [5, 5.41) is 8.60. The van der Waals surface area contributed by atoms with Crippen molar-refractivity contribution in [1.29, 1.82) is 0 Å². The van der Waals surface area contributed by atoms with Gasteiger partial charge in [-0.05, 0) is 19.1 Å². The van der Waals surface area contributed by atoms with Crippen LogP contribution >= 0.6 is 0 Å². The zero-order chi connectivity index (χ0) is 19.9. The minimum Gasteiger partial charge on any atom is -0.355 e. The van der Waals surface area contributed by atoms with Crippen molar-refractivity contribution in [3.05, 3.63) is 64.8 Å². The van der Waals surface area contributed by atoms with Crippen molar-refractivity contribution < 1.29 is 9.59 Å². The molecular formula is C21H22N4O3. The van der Waals surface area contributed by atoms with Gasteiger partial charge in [-0.15, -0.1) is 0 Å². The van der Waals surface area contributed by atoms with Gasteiger partial charge in [0.25, 0.3) is 0 Å². The number of hydrogen-bond acceptors (Lipinski definition) is 4. The Morgan fingerprint density at radius 3 is 2.36 bits per heavy atom. The minimum atomic E-state index is -0.401. The minimum absolute atomic E-state index is 0.0287. The molecule has 0 saturated heterocycles. The highest BCUT2D eigenvalue weighted by Gasteiger charge is 2.16. The summed E-state index contributed by atoms with van der Waals surface area (Å²) in [5.41, 5.74) is 1.95. The number of nitrogens with one attached hydrogen (secondary N) is 4. The Kier molecular flexibility index (Phi) is 6.18. The van der Waals surface area contributed by atoms with Crippen molar-refractivity contribution in [2.45, 2.75) is 6.92 Å². The highest BCUT2D eigenvalue weighted by Crippen LogP contribution is 2.25. The first-order valence-electron chi connectivity index (χ1n) is 9.08. The summed E-state index contributed by atoms with van der Waals surface area (Å²) < 4.78 is 0. The lowest BCUT2D eigenvalue weighted by Crippen LogP contribution is -2.38. The molecular weight excluding hydrogens is 356 g/mol. The van der Waals surface area contributed by atoms with Crippen LogP contribution in [-0.2, 0) is 9.59 Å². The van der Waals surface area contributed by atoms with Gasteiger partial charge >= 0.3 is 0 Å². The molecule has 7 heteroatoms. The van der Waals surface area contributed by atoms with E-state index >= 15 is 0 Å². The van der Waals surface area contributed by atoms with Crippen molar-refractivity contribution in [1.82, 2.24) is 15.6 Å². The largest absolute Gasteiger partial charge is 0.355 e. The molecule has 0 aliphatic rings. The Balaban J connectivity index is 1.89. The molecule has 28 heavy (non-hydrogen) atoms. The van der Waals surface area contributed by atoms with Gasteiger partial charge in [-0.1, -0.05) is 42.5 Å². The topological polar surface area (TPSA) is 103 Å². The molecule has 3 rings (SSSR count). The predicted octanol–water partition coefficient (Wildman–Crippen LogP) is 1.86. The fraction of sp³-hybridized carbons (Fsp3) is 0.190. The summed E-state index contributed by atoms with van der Waals surface area (Å²) in [6.45, 7) is 2.29. The highest BCUT2D eigenvalue weighted by atomic mass is 16.2. The second kappa shape index (κ2) is 8.96. The number of carbonyl (C=O) groups is 2. The quantitative estimate of drug-likeness (QED) is 0.504. The van der Waals surface area contributed by atoms with E-state index in [1.54, 1.807) is 12.1 Å². The molecule has 0 saturated carbocycles. The number of likely N-dealkylation sites (N-methyl/N-ethyl adjacent to an activating group) is 1. The van der Waals surface area contributed by atoms with Crippen LogP contribution in [0.5, 0.6) is 0 Å². The Hall–Kier alpha value is -3.45. The third kappa shape index (κ3) is 4.44. The number of fused-ring (bicyclic) bond motifs is 1. The van der Waals surface area contributed by atoms with Gasteiger partial charge in [-0.2, -0.15) is 0 Å². The molecule has 0 radical (unpaired) electrons. The lowest BCUT2D eigenvalue weighted by atomic mass is 10.1. The van der Waals surface area contributed by atoms with Crippen LogP contribution in [-0.4, -0.2) is 36.4 Å². The monoisotopic (exact) mass is 378 g/mol. The fourth-order valence-corrected chi connectivity index (χ4v) is 2.91. The third-order valence-corrected chi connectivity index (χ3v) is 4.18. The number of para-hydroxylation sites is 1. The molecule has 0 atom stereocenters. The second-order valence-electron chi connectivity index (χ2n) is 6.22. The average molecular weight is 378 g/mol. The molecule has 0 aliphatic heterocycles. The van der Waals surface area contributed by atoms with Crippen LogP contribution in [0, 0.1) is 0 Å². The molecule has 1 heterocycles. The molecule has 7 nitrogen and oxygen atoms in total. The van der Waals surface area contributed by atoms with E-state index in [4.69, 9.17) is 0 Å². The van der Waals surface area contributed by atoms with Gasteiger partial charge in [0.2, 0.25) is 17.2 Å². The molecule has 0 unspecified atom stereocenters. The lowest BCUT2D eigenvalue weighted by molar-refractivity contribution is -0.120. The SMILES string of the molecule is CCNC(=O)CNCC(=O)Nc1c(-c2ccccc2)[nH]c2ccccc2c1=O. The number of aromatic nitrogens is 1. The van der Waals surface area contributed by atoms with E-state index in [0.29, 0.717) is 23.1 Å². The summed E-state index contributed by atoms with van der Waals surface area (Å²) in [6.07, 6.45) is 0. The lowest BCUT2D eigenvalue weighted by Gasteiger charge is -2.13. The second-order valence-corrected chi connectivity index (χ2v) is 6.22. The van der Waals surface area contributed by atoms with Crippen LogP contribution < -0.4 is 21.4 Å². The summed E-state index contributed by atoms with van der Waals surface area (Å²) in [6, 6.07) is 16.5. The van der Waals surface area contributed by atoms with Gasteiger partial charge in [-0.25, -0.2) is 0 Å². The molecule has 0 spiro atoms. The zero-order valence-corrected chi connectivity index (χ0v) is 15.5. The van der Waals surface area contributed by atoms with E-state index in [9.17, 15) is 14.4 Å². The molecule has 0 bridgehead atoms. The standard InChI is InChI=1S/C21H22N4O3/c1-2-23-17(26)12-22-13-18(27)25-20-19(14-8-4-3-5-9-14)24-16-11-7-6-10-15(16)21(20)28/h3-11,22H,2,12-13H2,1H3,(H,23,26)(H,24,28)(H,25,27). The van der Waals surface area contributed by atoms with E-state index in [1.165, 1.54) is 0 Å². The molecule has 2 aromatic carbocycles. The maximum absolute atomic E-state index is 13.0. The number of carbonyl (C=O) groups excluding carboxylic acids is 2. The van der Waals surface area contributed by atoms with Crippen molar-refractivity contribution in [2.75, 3.05) is 25.0 Å². The van der Waals surface area contributed by atoms with Crippen molar-refractivity contribution in [2.24, 2.45) is 0 Å². The Labute approximate surface area is 162 Å². The van der Waals surface area contributed by atoms with Gasteiger partial charge in [0.15, 0.2) is 0 Å². The number of hydrogen-bond donors (Lipinski definition) is 4. The first kappa shape index (κ1) is 19.3. The van der Waals surface area contributed by atoms with Crippen molar-refractivity contribution in [3.8, 4) is 11.3 Å². The number of pyridine rings is 1. The number of amides is 2. The number of anilines is 1. The maximum atomic E-state index is 13.0. The van der Waals surface area contributed by atoms with E-state index in [2.05, 4.69) is 20.9 Å². The molecule has 0 aliphatic carbocycles. The van der Waals surface area contributed by atoms with Gasteiger partial charge in [0, 0.05) is 23.0 Å². The van der Waals surface area contributed by atoms with E-state index in [-0.39, 0.29) is 30.1 Å². The van der Waals surface area contributed by atoms with Crippen LogP contribution in [0.15, 0.2) is 59.4 Å².